The molecule has 1 aliphatic heterocycles. The number of aliphatic hydroxyl groups excluding tert-OH is 1. The standard InChI is InChI=1S/C21H21N3O5/c1-13-2-7-16(22-10-13)15-5-3-14(4-6-15)12-24-9-8-17(25)19(21(24)29)20(28)23-11-18(26)27/h2-7,10,25H,8-9,11-12H2,1H3,(H,23,28)(H,26,27). The van der Waals surface area contributed by atoms with Crippen LogP contribution >= 0.6 is 0 Å². The summed E-state index contributed by atoms with van der Waals surface area (Å²) in [5.41, 5.74) is 3.33. The number of nitrogens with zero attached hydrogens (tertiary/aromatic N) is 2. The molecule has 8 heteroatoms. The topological polar surface area (TPSA) is 120 Å². The number of aromatic nitrogens is 1. The number of aliphatic hydroxyl groups is 1. The summed E-state index contributed by atoms with van der Waals surface area (Å²) < 4.78 is 0. The first-order chi connectivity index (χ1) is 13.8. The highest BCUT2D eigenvalue weighted by Crippen LogP contribution is 2.22. The Balaban J connectivity index is 1.70. The van der Waals surface area contributed by atoms with Crippen molar-refractivity contribution in [3.63, 3.8) is 0 Å². The van der Waals surface area contributed by atoms with E-state index in [-0.39, 0.29) is 25.3 Å². The zero-order valence-electron chi connectivity index (χ0n) is 15.9. The first-order valence-corrected chi connectivity index (χ1v) is 9.08. The van der Waals surface area contributed by atoms with Crippen molar-refractivity contribution < 1.29 is 24.6 Å². The molecule has 3 N–H and O–H groups in total. The van der Waals surface area contributed by atoms with E-state index >= 15 is 0 Å². The van der Waals surface area contributed by atoms with Crippen LogP contribution in [0.15, 0.2) is 53.9 Å². The van der Waals surface area contributed by atoms with Gasteiger partial charge in [0.15, 0.2) is 0 Å². The van der Waals surface area contributed by atoms with E-state index in [0.717, 1.165) is 22.4 Å². The van der Waals surface area contributed by atoms with Gasteiger partial charge >= 0.3 is 5.97 Å². The fourth-order valence-corrected chi connectivity index (χ4v) is 3.01. The summed E-state index contributed by atoms with van der Waals surface area (Å²) in [6.07, 6.45) is 1.93. The zero-order valence-corrected chi connectivity index (χ0v) is 15.9. The van der Waals surface area contributed by atoms with Crippen molar-refractivity contribution in [2.24, 2.45) is 0 Å². The van der Waals surface area contributed by atoms with Crippen molar-refractivity contribution >= 4 is 17.8 Å². The molecule has 2 heterocycles. The quantitative estimate of drug-likeness (QED) is 0.642. The first kappa shape index (κ1) is 20.1. The number of nitrogens with one attached hydrogen (secondary N) is 1. The SMILES string of the molecule is Cc1ccc(-c2ccc(CN3CCC(O)=C(C(=O)NCC(=O)O)C3=O)cc2)nc1. The predicted octanol–water partition coefficient (Wildman–Crippen LogP) is 1.80. The maximum absolute atomic E-state index is 12.6. The molecule has 1 aliphatic rings. The summed E-state index contributed by atoms with van der Waals surface area (Å²) in [6, 6.07) is 11.5. The Bertz CT molecular complexity index is 965. The van der Waals surface area contributed by atoms with Crippen LogP contribution in [0.4, 0.5) is 0 Å². The maximum Gasteiger partial charge on any atom is 0.322 e. The number of carbonyl (C=O) groups is 3. The second-order valence-corrected chi connectivity index (χ2v) is 6.79. The van der Waals surface area contributed by atoms with Crippen LogP contribution in [0.5, 0.6) is 0 Å². The van der Waals surface area contributed by atoms with Gasteiger partial charge in [-0.1, -0.05) is 30.3 Å². The number of pyridine rings is 1. The summed E-state index contributed by atoms with van der Waals surface area (Å²) in [5, 5.41) is 20.7. The van der Waals surface area contributed by atoms with Gasteiger partial charge in [0.25, 0.3) is 11.8 Å². The van der Waals surface area contributed by atoms with Gasteiger partial charge in [-0.05, 0) is 24.1 Å². The Morgan fingerprint density at radius 2 is 1.90 bits per heavy atom. The van der Waals surface area contributed by atoms with Gasteiger partial charge in [0.05, 0.1) is 5.69 Å². The third-order valence-electron chi connectivity index (χ3n) is 4.57. The Kier molecular flexibility index (Phi) is 5.92. The average molecular weight is 395 g/mol. The van der Waals surface area contributed by atoms with Gasteiger partial charge in [-0.3, -0.25) is 19.4 Å². The van der Waals surface area contributed by atoms with Gasteiger partial charge in [0.2, 0.25) is 0 Å². The van der Waals surface area contributed by atoms with Crippen LogP contribution in [0.25, 0.3) is 11.3 Å². The Morgan fingerprint density at radius 1 is 1.17 bits per heavy atom. The summed E-state index contributed by atoms with van der Waals surface area (Å²) in [7, 11) is 0. The van der Waals surface area contributed by atoms with E-state index < -0.39 is 29.9 Å². The molecule has 1 aromatic carbocycles. The van der Waals surface area contributed by atoms with Crippen LogP contribution < -0.4 is 5.32 Å². The number of carboxylic acids is 1. The number of amides is 2. The molecule has 0 saturated carbocycles. The third-order valence-corrected chi connectivity index (χ3v) is 4.57. The number of aliphatic carboxylic acids is 1. The summed E-state index contributed by atoms with van der Waals surface area (Å²) in [6.45, 7) is 1.88. The van der Waals surface area contributed by atoms with E-state index in [4.69, 9.17) is 5.11 Å². The number of hydrogen-bond donors (Lipinski definition) is 3. The summed E-state index contributed by atoms with van der Waals surface area (Å²) >= 11 is 0. The number of benzene rings is 1. The molecule has 2 aromatic rings. The van der Waals surface area contributed by atoms with Crippen LogP contribution in [-0.2, 0) is 20.9 Å². The highest BCUT2D eigenvalue weighted by atomic mass is 16.4. The smallest absolute Gasteiger partial charge is 0.322 e. The molecule has 1 aromatic heterocycles. The fraction of sp³-hybridized carbons (Fsp3) is 0.238. The number of carboxylic acid groups (broad SMARTS) is 1. The molecule has 0 radical (unpaired) electrons. The third kappa shape index (κ3) is 4.78. The maximum atomic E-state index is 12.6. The van der Waals surface area contributed by atoms with Crippen molar-refractivity contribution in [1.29, 1.82) is 0 Å². The zero-order chi connectivity index (χ0) is 21.0. The average Bonchev–Trinajstić information content (AvgIpc) is 2.70. The lowest BCUT2D eigenvalue weighted by Gasteiger charge is -2.28. The molecule has 0 unspecified atom stereocenters. The highest BCUT2D eigenvalue weighted by molar-refractivity contribution is 6.19. The minimum atomic E-state index is -1.23. The van der Waals surface area contributed by atoms with Gasteiger partial charge in [0.1, 0.15) is 17.9 Å². The van der Waals surface area contributed by atoms with E-state index in [1.165, 1.54) is 4.90 Å². The molecule has 8 nitrogen and oxygen atoms in total. The van der Waals surface area contributed by atoms with Crippen molar-refractivity contribution in [1.82, 2.24) is 15.2 Å². The van der Waals surface area contributed by atoms with Gasteiger partial charge in [-0.15, -0.1) is 0 Å². The number of aryl methyl sites for hydroxylation is 1. The Hall–Kier alpha value is -3.68. The van der Waals surface area contributed by atoms with Crippen LogP contribution in [-0.4, -0.2) is 51.0 Å². The van der Waals surface area contributed by atoms with E-state index in [9.17, 15) is 19.5 Å². The highest BCUT2D eigenvalue weighted by Gasteiger charge is 2.32. The largest absolute Gasteiger partial charge is 0.511 e. The van der Waals surface area contributed by atoms with Crippen molar-refractivity contribution in [2.45, 2.75) is 19.9 Å². The number of hydrogen-bond acceptors (Lipinski definition) is 5. The molecular weight excluding hydrogens is 374 g/mol. The van der Waals surface area contributed by atoms with E-state index in [0.29, 0.717) is 0 Å². The number of rotatable bonds is 6. The van der Waals surface area contributed by atoms with E-state index in [1.807, 2.05) is 43.3 Å². The van der Waals surface area contributed by atoms with Gasteiger partial charge in [-0.25, -0.2) is 0 Å². The van der Waals surface area contributed by atoms with Gasteiger partial charge < -0.3 is 20.4 Å². The van der Waals surface area contributed by atoms with Crippen molar-refractivity contribution in [3.8, 4) is 11.3 Å². The first-order valence-electron chi connectivity index (χ1n) is 9.08. The van der Waals surface area contributed by atoms with Crippen LogP contribution in [0.3, 0.4) is 0 Å². The molecule has 0 saturated heterocycles. The molecule has 0 fully saturated rings. The summed E-state index contributed by atoms with van der Waals surface area (Å²) in [5.74, 6) is -3.07. The van der Waals surface area contributed by atoms with Crippen LogP contribution in [0.1, 0.15) is 17.5 Å². The second kappa shape index (κ2) is 8.55. The molecule has 29 heavy (non-hydrogen) atoms. The molecule has 0 atom stereocenters. The lowest BCUT2D eigenvalue weighted by Crippen LogP contribution is -2.43. The Labute approximate surface area is 167 Å². The van der Waals surface area contributed by atoms with Crippen LogP contribution in [0, 0.1) is 6.92 Å². The predicted molar refractivity (Wildman–Crippen MR) is 105 cm³/mol. The van der Waals surface area contributed by atoms with Crippen molar-refractivity contribution in [3.05, 3.63) is 65.1 Å². The summed E-state index contributed by atoms with van der Waals surface area (Å²) in [4.78, 5) is 41.2. The Morgan fingerprint density at radius 3 is 2.52 bits per heavy atom. The molecule has 150 valence electrons. The molecule has 3 rings (SSSR count). The normalized spacial score (nSPS) is 14.1. The minimum absolute atomic E-state index is 0.132. The van der Waals surface area contributed by atoms with E-state index in [1.54, 1.807) is 6.20 Å². The fourth-order valence-electron chi connectivity index (χ4n) is 3.01. The molecule has 2 amide bonds. The van der Waals surface area contributed by atoms with Crippen molar-refractivity contribution in [2.75, 3.05) is 13.1 Å². The lowest BCUT2D eigenvalue weighted by atomic mass is 10.0. The molecule has 0 aliphatic carbocycles. The molecular formula is C21H21N3O5. The minimum Gasteiger partial charge on any atom is -0.511 e. The van der Waals surface area contributed by atoms with E-state index in [2.05, 4.69) is 10.3 Å². The molecule has 0 spiro atoms. The van der Waals surface area contributed by atoms with Crippen LogP contribution in [0.2, 0.25) is 0 Å². The monoisotopic (exact) mass is 395 g/mol. The lowest BCUT2D eigenvalue weighted by molar-refractivity contribution is -0.138. The van der Waals surface area contributed by atoms with Gasteiger partial charge in [0, 0.05) is 31.3 Å². The molecule has 0 bridgehead atoms. The van der Waals surface area contributed by atoms with Gasteiger partial charge in [-0.2, -0.15) is 0 Å². The number of carbonyl (C=O) groups excluding carboxylic acids is 2. The second-order valence-electron chi connectivity index (χ2n) is 6.79.